The van der Waals surface area contributed by atoms with Gasteiger partial charge in [-0.1, -0.05) is 13.8 Å². The smallest absolute Gasteiger partial charge is 0.306 e. The molecule has 0 radical (unpaired) electrons. The minimum absolute atomic E-state index is 0.0361. The third-order valence-electron chi connectivity index (χ3n) is 3.34. The van der Waals surface area contributed by atoms with Crippen molar-refractivity contribution in [2.24, 2.45) is 11.8 Å². The van der Waals surface area contributed by atoms with Crippen LogP contribution in [0.15, 0.2) is 0 Å². The largest absolute Gasteiger partial charge is 0.481 e. The number of hydrogen-bond acceptors (Lipinski definition) is 4. The molecule has 0 aromatic rings. The van der Waals surface area contributed by atoms with Gasteiger partial charge in [0.1, 0.15) is 0 Å². The van der Waals surface area contributed by atoms with Crippen LogP contribution in [-0.4, -0.2) is 41.7 Å². The highest BCUT2D eigenvalue weighted by Gasteiger charge is 2.39. The van der Waals surface area contributed by atoms with Gasteiger partial charge in [0.15, 0.2) is 9.84 Å². The lowest BCUT2D eigenvalue weighted by Gasteiger charge is -2.34. The van der Waals surface area contributed by atoms with Gasteiger partial charge in [-0.25, -0.2) is 8.42 Å². The molecule has 1 rings (SSSR count). The van der Waals surface area contributed by atoms with Gasteiger partial charge in [0.2, 0.25) is 0 Å². The number of aliphatic carboxylic acids is 1. The second-order valence-corrected chi connectivity index (χ2v) is 7.89. The molecule has 0 aromatic heterocycles. The number of hydrogen-bond donors (Lipinski definition) is 2. The first-order valence-corrected chi connectivity index (χ1v) is 8.11. The third-order valence-corrected chi connectivity index (χ3v) is 5.49. The summed E-state index contributed by atoms with van der Waals surface area (Å²) in [6.07, 6.45) is 1.20. The molecule has 5 nitrogen and oxygen atoms in total. The molecule has 1 fully saturated rings. The highest BCUT2D eigenvalue weighted by molar-refractivity contribution is 7.91. The molecule has 1 aliphatic rings. The number of rotatable bonds is 5. The van der Waals surface area contributed by atoms with E-state index in [0.29, 0.717) is 12.8 Å². The van der Waals surface area contributed by atoms with Crippen LogP contribution in [0.2, 0.25) is 0 Å². The molecule has 0 saturated heterocycles. The van der Waals surface area contributed by atoms with Crippen molar-refractivity contribution < 1.29 is 23.4 Å². The van der Waals surface area contributed by atoms with E-state index >= 15 is 0 Å². The van der Waals surface area contributed by atoms with E-state index in [0.717, 1.165) is 0 Å². The number of carboxylic acid groups (broad SMARTS) is 1. The average molecular weight is 278 g/mol. The van der Waals surface area contributed by atoms with Gasteiger partial charge in [-0.2, -0.15) is 0 Å². The lowest BCUT2D eigenvalue weighted by Crippen LogP contribution is -2.42. The lowest BCUT2D eigenvalue weighted by atomic mass is 9.80. The standard InChI is InChI=1S/C12H22O5S/c1-9(2)7-18(16,17)8-12(15)5-3-10(4-6-12)11(13)14/h9-10,15H,3-8H2,1-2H3,(H,13,14). The van der Waals surface area contributed by atoms with Crippen molar-refractivity contribution >= 4 is 15.8 Å². The summed E-state index contributed by atoms with van der Waals surface area (Å²) in [4.78, 5) is 10.8. The zero-order chi connectivity index (χ0) is 14.0. The van der Waals surface area contributed by atoms with Crippen LogP contribution < -0.4 is 0 Å². The van der Waals surface area contributed by atoms with E-state index in [9.17, 15) is 18.3 Å². The normalized spacial score (nSPS) is 29.4. The molecule has 2 N–H and O–H groups in total. The number of carboxylic acids is 1. The topological polar surface area (TPSA) is 91.7 Å². The van der Waals surface area contributed by atoms with Crippen molar-refractivity contribution in [2.75, 3.05) is 11.5 Å². The van der Waals surface area contributed by atoms with Crippen LogP contribution in [-0.2, 0) is 14.6 Å². The zero-order valence-corrected chi connectivity index (χ0v) is 11.7. The maximum Gasteiger partial charge on any atom is 0.306 e. The van der Waals surface area contributed by atoms with E-state index in [1.807, 2.05) is 13.8 Å². The van der Waals surface area contributed by atoms with Gasteiger partial charge in [-0.3, -0.25) is 4.79 Å². The highest BCUT2D eigenvalue weighted by atomic mass is 32.2. The molecule has 0 atom stereocenters. The quantitative estimate of drug-likeness (QED) is 0.784. The number of sulfone groups is 1. The second-order valence-electron chi connectivity index (χ2n) is 5.79. The van der Waals surface area contributed by atoms with E-state index in [1.54, 1.807) is 0 Å². The Morgan fingerprint density at radius 3 is 2.22 bits per heavy atom. The van der Waals surface area contributed by atoms with Crippen molar-refractivity contribution in [1.82, 2.24) is 0 Å². The Bertz CT molecular complexity index is 391. The van der Waals surface area contributed by atoms with Crippen LogP contribution in [0.5, 0.6) is 0 Å². The summed E-state index contributed by atoms with van der Waals surface area (Å²) in [5, 5.41) is 19.1. The summed E-state index contributed by atoms with van der Waals surface area (Å²) in [6, 6.07) is 0. The number of carbonyl (C=O) groups is 1. The Kier molecular flexibility index (Phi) is 4.78. The first-order chi connectivity index (χ1) is 8.14. The second kappa shape index (κ2) is 5.57. The van der Waals surface area contributed by atoms with Crippen LogP contribution in [0.25, 0.3) is 0 Å². The maximum atomic E-state index is 11.9. The molecule has 0 aromatic carbocycles. The predicted molar refractivity (Wildman–Crippen MR) is 68.0 cm³/mol. The molecule has 18 heavy (non-hydrogen) atoms. The van der Waals surface area contributed by atoms with Crippen LogP contribution in [0.1, 0.15) is 39.5 Å². The summed E-state index contributed by atoms with van der Waals surface area (Å²) >= 11 is 0. The Morgan fingerprint density at radius 1 is 1.33 bits per heavy atom. The van der Waals surface area contributed by atoms with Crippen LogP contribution in [0.4, 0.5) is 0 Å². The lowest BCUT2D eigenvalue weighted by molar-refractivity contribution is -0.144. The summed E-state index contributed by atoms with van der Waals surface area (Å²) < 4.78 is 23.7. The monoisotopic (exact) mass is 278 g/mol. The summed E-state index contributed by atoms with van der Waals surface area (Å²) in [5.74, 6) is -1.45. The van der Waals surface area contributed by atoms with Crippen molar-refractivity contribution in [1.29, 1.82) is 0 Å². The zero-order valence-electron chi connectivity index (χ0n) is 10.9. The van der Waals surface area contributed by atoms with Gasteiger partial charge in [0, 0.05) is 0 Å². The molecule has 6 heteroatoms. The van der Waals surface area contributed by atoms with Gasteiger partial charge in [0.05, 0.1) is 23.0 Å². The van der Waals surface area contributed by atoms with E-state index < -0.39 is 27.3 Å². The van der Waals surface area contributed by atoms with Crippen LogP contribution in [0, 0.1) is 11.8 Å². The molecule has 0 unspecified atom stereocenters. The fraction of sp³-hybridized carbons (Fsp3) is 0.917. The summed E-state index contributed by atoms with van der Waals surface area (Å²) in [7, 11) is -3.27. The van der Waals surface area contributed by atoms with Crippen molar-refractivity contribution in [3.05, 3.63) is 0 Å². The predicted octanol–water partition coefficient (Wildman–Crippen LogP) is 1.06. The fourth-order valence-electron chi connectivity index (χ4n) is 2.52. The van der Waals surface area contributed by atoms with E-state index in [2.05, 4.69) is 0 Å². The molecule has 106 valence electrons. The minimum atomic E-state index is -3.27. The van der Waals surface area contributed by atoms with E-state index in [1.165, 1.54) is 0 Å². The summed E-state index contributed by atoms with van der Waals surface area (Å²) in [5.41, 5.74) is -1.24. The molecule has 0 heterocycles. The third kappa shape index (κ3) is 4.57. The Balaban J connectivity index is 2.60. The molecule has 0 amide bonds. The van der Waals surface area contributed by atoms with Crippen molar-refractivity contribution in [3.8, 4) is 0 Å². The summed E-state index contributed by atoms with van der Waals surface area (Å²) in [6.45, 7) is 3.64. The van der Waals surface area contributed by atoms with Crippen molar-refractivity contribution in [3.63, 3.8) is 0 Å². The van der Waals surface area contributed by atoms with Gasteiger partial charge in [0.25, 0.3) is 0 Å². The Labute approximate surface area is 108 Å². The number of aliphatic hydroxyl groups is 1. The van der Waals surface area contributed by atoms with Gasteiger partial charge < -0.3 is 10.2 Å². The Morgan fingerprint density at radius 2 is 1.83 bits per heavy atom. The average Bonchev–Trinajstić information content (AvgIpc) is 2.13. The molecule has 1 aliphatic carbocycles. The SMILES string of the molecule is CC(C)CS(=O)(=O)CC1(O)CCC(C(=O)O)CC1. The molecule has 1 saturated carbocycles. The first kappa shape index (κ1) is 15.4. The molecule has 0 bridgehead atoms. The maximum absolute atomic E-state index is 11.9. The molecular weight excluding hydrogens is 256 g/mol. The minimum Gasteiger partial charge on any atom is -0.481 e. The Hall–Kier alpha value is -0.620. The fourth-order valence-corrected chi connectivity index (χ4v) is 4.76. The van der Waals surface area contributed by atoms with Crippen LogP contribution >= 0.6 is 0 Å². The van der Waals surface area contributed by atoms with Crippen molar-refractivity contribution in [2.45, 2.75) is 45.1 Å². The van der Waals surface area contributed by atoms with E-state index in [4.69, 9.17) is 5.11 Å². The first-order valence-electron chi connectivity index (χ1n) is 6.29. The van der Waals surface area contributed by atoms with E-state index in [-0.39, 0.29) is 30.3 Å². The van der Waals surface area contributed by atoms with Gasteiger partial charge in [-0.15, -0.1) is 0 Å². The van der Waals surface area contributed by atoms with Crippen LogP contribution in [0.3, 0.4) is 0 Å². The highest BCUT2D eigenvalue weighted by Crippen LogP contribution is 2.33. The van der Waals surface area contributed by atoms with Gasteiger partial charge in [-0.05, 0) is 31.6 Å². The molecule has 0 spiro atoms. The van der Waals surface area contributed by atoms with Gasteiger partial charge >= 0.3 is 5.97 Å². The molecule has 0 aliphatic heterocycles. The molecular formula is C12H22O5S.